The molecule has 1 aromatic carbocycles. The average molecular weight is 314 g/mol. The molecule has 3 heterocycles. The minimum absolute atomic E-state index is 0.190. The van der Waals surface area contributed by atoms with Gasteiger partial charge in [-0.2, -0.15) is 0 Å². The number of benzene rings is 1. The van der Waals surface area contributed by atoms with Crippen molar-refractivity contribution in [3.8, 4) is 11.1 Å². The monoisotopic (exact) mass is 313 g/mol. The fourth-order valence-corrected chi connectivity index (χ4v) is 3.20. The molecule has 1 fully saturated rings. The SMILES string of the molecule is Clc1cc(-c2ccnc3[nH]ccc23)cc(C2COCCN2)c1. The summed E-state index contributed by atoms with van der Waals surface area (Å²) in [7, 11) is 0. The van der Waals surface area contributed by atoms with Crippen molar-refractivity contribution < 1.29 is 4.74 Å². The molecule has 1 aliphatic heterocycles. The van der Waals surface area contributed by atoms with Crippen molar-refractivity contribution in [2.24, 2.45) is 0 Å². The van der Waals surface area contributed by atoms with E-state index >= 15 is 0 Å². The van der Waals surface area contributed by atoms with E-state index in [2.05, 4.69) is 21.4 Å². The third-order valence-corrected chi connectivity index (χ3v) is 4.23. The van der Waals surface area contributed by atoms with Crippen molar-refractivity contribution in [1.82, 2.24) is 15.3 Å². The first-order valence-corrected chi connectivity index (χ1v) is 7.73. The van der Waals surface area contributed by atoms with Gasteiger partial charge in [0, 0.05) is 29.3 Å². The number of aromatic nitrogens is 2. The Balaban J connectivity index is 1.81. The van der Waals surface area contributed by atoms with E-state index in [1.165, 1.54) is 0 Å². The zero-order valence-corrected chi connectivity index (χ0v) is 12.7. The maximum Gasteiger partial charge on any atom is 0.137 e. The van der Waals surface area contributed by atoms with Gasteiger partial charge in [0.25, 0.3) is 0 Å². The Hall–Kier alpha value is -1.88. The van der Waals surface area contributed by atoms with Crippen LogP contribution in [0, 0.1) is 0 Å². The highest BCUT2D eigenvalue weighted by Gasteiger charge is 2.17. The zero-order valence-electron chi connectivity index (χ0n) is 12.0. The molecule has 0 amide bonds. The molecule has 0 saturated carbocycles. The van der Waals surface area contributed by atoms with Crippen LogP contribution in [0.25, 0.3) is 22.2 Å². The highest BCUT2D eigenvalue weighted by Crippen LogP contribution is 2.32. The quantitative estimate of drug-likeness (QED) is 0.761. The van der Waals surface area contributed by atoms with Gasteiger partial charge in [-0.1, -0.05) is 11.6 Å². The predicted octanol–water partition coefficient (Wildman–Crippen LogP) is 3.54. The standard InChI is InChI=1S/C17H16ClN3O/c18-13-8-11(7-12(9-13)16-10-22-6-5-19-16)14-1-3-20-17-15(14)2-4-21-17/h1-4,7-9,16,19H,5-6,10H2,(H,20,21). The number of aromatic amines is 1. The van der Waals surface area contributed by atoms with Gasteiger partial charge < -0.3 is 15.0 Å². The molecule has 4 nitrogen and oxygen atoms in total. The van der Waals surface area contributed by atoms with Crippen LogP contribution in [-0.2, 0) is 4.74 Å². The summed E-state index contributed by atoms with van der Waals surface area (Å²) in [5, 5.41) is 5.31. The number of hydrogen-bond acceptors (Lipinski definition) is 3. The first-order chi connectivity index (χ1) is 10.8. The highest BCUT2D eigenvalue weighted by molar-refractivity contribution is 6.31. The second kappa shape index (κ2) is 5.72. The van der Waals surface area contributed by atoms with Crippen LogP contribution in [0.5, 0.6) is 0 Å². The lowest BCUT2D eigenvalue weighted by molar-refractivity contribution is 0.0769. The maximum absolute atomic E-state index is 6.35. The van der Waals surface area contributed by atoms with Crippen LogP contribution in [0.3, 0.4) is 0 Å². The van der Waals surface area contributed by atoms with Gasteiger partial charge in [-0.3, -0.25) is 0 Å². The lowest BCUT2D eigenvalue weighted by Crippen LogP contribution is -2.34. The summed E-state index contributed by atoms with van der Waals surface area (Å²) in [4.78, 5) is 7.49. The molecule has 4 rings (SSSR count). The minimum Gasteiger partial charge on any atom is -0.378 e. The van der Waals surface area contributed by atoms with Gasteiger partial charge >= 0.3 is 0 Å². The van der Waals surface area contributed by atoms with Crippen molar-refractivity contribution in [3.63, 3.8) is 0 Å². The molecule has 0 spiro atoms. The molecule has 2 aromatic heterocycles. The van der Waals surface area contributed by atoms with E-state index in [1.54, 1.807) is 0 Å². The summed E-state index contributed by atoms with van der Waals surface area (Å²) in [6, 6.07) is 10.4. The number of H-pyrrole nitrogens is 1. The Morgan fingerprint density at radius 2 is 2.18 bits per heavy atom. The molecule has 2 N–H and O–H groups in total. The molecule has 5 heteroatoms. The second-order valence-electron chi connectivity index (χ2n) is 5.45. The molecule has 0 aliphatic carbocycles. The molecule has 1 saturated heterocycles. The van der Waals surface area contributed by atoms with Gasteiger partial charge in [0.2, 0.25) is 0 Å². The summed E-state index contributed by atoms with van der Waals surface area (Å²) in [6.07, 6.45) is 3.72. The number of fused-ring (bicyclic) bond motifs is 1. The topological polar surface area (TPSA) is 49.9 Å². The van der Waals surface area contributed by atoms with Crippen molar-refractivity contribution in [3.05, 3.63) is 53.3 Å². The van der Waals surface area contributed by atoms with Crippen LogP contribution < -0.4 is 5.32 Å². The number of halogens is 1. The number of morpholine rings is 1. The van der Waals surface area contributed by atoms with Crippen LogP contribution in [0.15, 0.2) is 42.7 Å². The third-order valence-electron chi connectivity index (χ3n) is 4.02. The minimum atomic E-state index is 0.190. The van der Waals surface area contributed by atoms with Crippen LogP contribution in [0.2, 0.25) is 5.02 Å². The Morgan fingerprint density at radius 3 is 3.05 bits per heavy atom. The highest BCUT2D eigenvalue weighted by atomic mass is 35.5. The smallest absolute Gasteiger partial charge is 0.137 e. The summed E-state index contributed by atoms with van der Waals surface area (Å²) >= 11 is 6.35. The first-order valence-electron chi connectivity index (χ1n) is 7.35. The summed E-state index contributed by atoms with van der Waals surface area (Å²) in [6.45, 7) is 2.30. The van der Waals surface area contributed by atoms with E-state index in [-0.39, 0.29) is 6.04 Å². The Morgan fingerprint density at radius 1 is 1.23 bits per heavy atom. The van der Waals surface area contributed by atoms with Gasteiger partial charge in [-0.25, -0.2) is 4.98 Å². The Kier molecular flexibility index (Phi) is 3.58. The molecule has 1 atom stereocenters. The lowest BCUT2D eigenvalue weighted by atomic mass is 9.98. The van der Waals surface area contributed by atoms with Gasteiger partial charge in [0.1, 0.15) is 5.65 Å². The van der Waals surface area contributed by atoms with Crippen molar-refractivity contribution in [1.29, 1.82) is 0 Å². The molecule has 3 aromatic rings. The van der Waals surface area contributed by atoms with Gasteiger partial charge in [-0.05, 0) is 47.0 Å². The van der Waals surface area contributed by atoms with Crippen molar-refractivity contribution >= 4 is 22.6 Å². The summed E-state index contributed by atoms with van der Waals surface area (Å²) in [5.74, 6) is 0. The normalized spacial score (nSPS) is 18.7. The van der Waals surface area contributed by atoms with Crippen molar-refractivity contribution in [2.45, 2.75) is 6.04 Å². The van der Waals surface area contributed by atoms with Gasteiger partial charge in [0.05, 0.1) is 19.3 Å². The molecule has 0 radical (unpaired) electrons. The third kappa shape index (κ3) is 2.50. The lowest BCUT2D eigenvalue weighted by Gasteiger charge is -2.24. The maximum atomic E-state index is 6.35. The van der Waals surface area contributed by atoms with Crippen LogP contribution in [-0.4, -0.2) is 29.7 Å². The predicted molar refractivity (Wildman–Crippen MR) is 88.1 cm³/mol. The van der Waals surface area contributed by atoms with E-state index in [4.69, 9.17) is 16.3 Å². The second-order valence-corrected chi connectivity index (χ2v) is 5.89. The summed E-state index contributed by atoms with van der Waals surface area (Å²) < 4.78 is 5.56. The number of nitrogens with one attached hydrogen (secondary N) is 2. The molecule has 1 unspecified atom stereocenters. The van der Waals surface area contributed by atoms with Crippen LogP contribution in [0.4, 0.5) is 0 Å². The van der Waals surface area contributed by atoms with Crippen LogP contribution in [0.1, 0.15) is 11.6 Å². The summed E-state index contributed by atoms with van der Waals surface area (Å²) in [5.41, 5.74) is 4.27. The van der Waals surface area contributed by atoms with E-state index < -0.39 is 0 Å². The van der Waals surface area contributed by atoms with Crippen LogP contribution >= 0.6 is 11.6 Å². The first kappa shape index (κ1) is 13.8. The Labute approximate surface area is 133 Å². The number of nitrogens with zero attached hydrogens (tertiary/aromatic N) is 1. The van der Waals surface area contributed by atoms with E-state index in [0.717, 1.165) is 45.9 Å². The molecule has 112 valence electrons. The molecular weight excluding hydrogens is 298 g/mol. The van der Waals surface area contributed by atoms with E-state index in [9.17, 15) is 0 Å². The van der Waals surface area contributed by atoms with E-state index in [1.807, 2.05) is 36.7 Å². The number of pyridine rings is 1. The number of ether oxygens (including phenoxy) is 1. The fraction of sp³-hybridized carbons (Fsp3) is 0.235. The zero-order chi connectivity index (χ0) is 14.9. The molecule has 0 bridgehead atoms. The van der Waals surface area contributed by atoms with E-state index in [0.29, 0.717) is 6.61 Å². The number of hydrogen-bond donors (Lipinski definition) is 2. The molecule has 1 aliphatic rings. The molecular formula is C17H16ClN3O. The molecule has 22 heavy (non-hydrogen) atoms. The largest absolute Gasteiger partial charge is 0.378 e. The fourth-order valence-electron chi connectivity index (χ4n) is 2.96. The average Bonchev–Trinajstić information content (AvgIpc) is 3.03. The van der Waals surface area contributed by atoms with Gasteiger partial charge in [0.15, 0.2) is 0 Å². The number of rotatable bonds is 2. The Bertz CT molecular complexity index is 809. The van der Waals surface area contributed by atoms with Crippen molar-refractivity contribution in [2.75, 3.05) is 19.8 Å². The van der Waals surface area contributed by atoms with Gasteiger partial charge in [-0.15, -0.1) is 0 Å².